The van der Waals surface area contributed by atoms with E-state index in [0.29, 0.717) is 12.0 Å². The second-order valence-corrected chi connectivity index (χ2v) is 10.2. The molecule has 152 valence electrons. The predicted molar refractivity (Wildman–Crippen MR) is 134 cm³/mol. The van der Waals surface area contributed by atoms with Crippen molar-refractivity contribution >= 4 is 34.4 Å². The molecule has 1 aromatic heterocycles. The molecule has 2 aliphatic heterocycles. The lowest BCUT2D eigenvalue weighted by molar-refractivity contribution is 0.650. The predicted octanol–water partition coefficient (Wildman–Crippen LogP) is 8.00. The maximum absolute atomic E-state index is 2.69. The Labute approximate surface area is 192 Å². The van der Waals surface area contributed by atoms with Crippen LogP contribution in [0, 0.1) is 0 Å². The van der Waals surface area contributed by atoms with Gasteiger partial charge >= 0.3 is 0 Å². The molecule has 0 bridgehead atoms. The summed E-state index contributed by atoms with van der Waals surface area (Å²) in [5.74, 6) is 0.452. The number of benzene rings is 3. The van der Waals surface area contributed by atoms with E-state index in [1.165, 1.54) is 37.1 Å². The number of hydrogen-bond acceptors (Lipinski definition) is 3. The van der Waals surface area contributed by atoms with Crippen LogP contribution in [0.2, 0.25) is 0 Å². The highest BCUT2D eigenvalue weighted by molar-refractivity contribution is 8.03. The van der Waals surface area contributed by atoms with Crippen molar-refractivity contribution < 1.29 is 0 Å². The average Bonchev–Trinajstić information content (AvgIpc) is 3.52. The normalized spacial score (nSPS) is 22.0. The Bertz CT molecular complexity index is 1230. The Kier molecular flexibility index (Phi) is 4.74. The largest absolute Gasteiger partial charge is 0.352 e. The van der Waals surface area contributed by atoms with Crippen molar-refractivity contribution in [1.82, 2.24) is 0 Å². The van der Waals surface area contributed by atoms with Crippen molar-refractivity contribution in [3.05, 3.63) is 123 Å². The molecule has 4 aromatic rings. The molecule has 0 fully saturated rings. The molecule has 2 aliphatic rings. The van der Waals surface area contributed by atoms with Crippen LogP contribution in [-0.2, 0) is 0 Å². The second-order valence-electron chi connectivity index (χ2n) is 8.18. The SMILES string of the molecule is C[C@@H]1c2ccccc2N2[C@H](c3ccccc3)C(Sc3ccccc3)=C(c3cccs3)[C@@H]12. The van der Waals surface area contributed by atoms with E-state index in [0.717, 1.165) is 0 Å². The van der Waals surface area contributed by atoms with Crippen LogP contribution in [0.4, 0.5) is 5.69 Å². The van der Waals surface area contributed by atoms with Gasteiger partial charge in [0.25, 0.3) is 0 Å². The average molecular weight is 438 g/mol. The molecule has 3 aromatic carbocycles. The highest BCUT2D eigenvalue weighted by Crippen LogP contribution is 2.60. The minimum atomic E-state index is 0.222. The molecule has 0 aliphatic carbocycles. The molecule has 3 heteroatoms. The van der Waals surface area contributed by atoms with Crippen LogP contribution < -0.4 is 4.90 Å². The van der Waals surface area contributed by atoms with E-state index in [1.807, 2.05) is 23.1 Å². The van der Waals surface area contributed by atoms with Crippen LogP contribution in [0.15, 0.2) is 112 Å². The summed E-state index contributed by atoms with van der Waals surface area (Å²) in [5, 5.41) is 2.21. The highest BCUT2D eigenvalue weighted by Gasteiger charge is 2.49. The first-order valence-corrected chi connectivity index (χ1v) is 12.5. The van der Waals surface area contributed by atoms with E-state index in [4.69, 9.17) is 0 Å². The Balaban J connectivity index is 1.60. The molecule has 0 radical (unpaired) electrons. The Morgan fingerprint density at radius 3 is 2.23 bits per heavy atom. The summed E-state index contributed by atoms with van der Waals surface area (Å²) in [7, 11) is 0. The molecule has 31 heavy (non-hydrogen) atoms. The minimum absolute atomic E-state index is 0.222. The van der Waals surface area contributed by atoms with E-state index in [9.17, 15) is 0 Å². The number of nitrogens with zero attached hydrogens (tertiary/aromatic N) is 1. The molecular formula is C28H23NS2. The summed E-state index contributed by atoms with van der Waals surface area (Å²) in [6.45, 7) is 2.40. The van der Waals surface area contributed by atoms with Crippen LogP contribution >= 0.6 is 23.1 Å². The third-order valence-corrected chi connectivity index (χ3v) is 8.51. The third-order valence-electron chi connectivity index (χ3n) is 6.44. The van der Waals surface area contributed by atoms with Crippen molar-refractivity contribution in [2.45, 2.75) is 29.8 Å². The molecule has 1 nitrogen and oxygen atoms in total. The van der Waals surface area contributed by atoms with E-state index < -0.39 is 0 Å². The quantitative estimate of drug-likeness (QED) is 0.318. The summed E-state index contributed by atoms with van der Waals surface area (Å²) < 4.78 is 0. The van der Waals surface area contributed by atoms with Gasteiger partial charge in [-0.25, -0.2) is 0 Å². The molecule has 0 amide bonds. The van der Waals surface area contributed by atoms with Crippen molar-refractivity contribution in [2.75, 3.05) is 4.90 Å². The number of para-hydroxylation sites is 1. The molecule has 3 heterocycles. The monoisotopic (exact) mass is 437 g/mol. The van der Waals surface area contributed by atoms with Crippen molar-refractivity contribution in [3.8, 4) is 0 Å². The summed E-state index contributed by atoms with van der Waals surface area (Å²) in [6.07, 6.45) is 0. The van der Waals surface area contributed by atoms with Crippen LogP contribution in [0.3, 0.4) is 0 Å². The van der Waals surface area contributed by atoms with Crippen LogP contribution in [0.5, 0.6) is 0 Å². The summed E-state index contributed by atoms with van der Waals surface area (Å²) in [5.41, 5.74) is 5.71. The van der Waals surface area contributed by atoms with Gasteiger partial charge in [-0.3, -0.25) is 0 Å². The van der Waals surface area contributed by atoms with Gasteiger partial charge in [-0.1, -0.05) is 91.5 Å². The fourth-order valence-electron chi connectivity index (χ4n) is 5.15. The number of thioether (sulfide) groups is 1. The van der Waals surface area contributed by atoms with Gasteiger partial charge in [0.15, 0.2) is 0 Å². The molecular weight excluding hydrogens is 414 g/mol. The first-order chi connectivity index (χ1) is 15.3. The van der Waals surface area contributed by atoms with Gasteiger partial charge < -0.3 is 4.90 Å². The van der Waals surface area contributed by atoms with Gasteiger partial charge in [-0.2, -0.15) is 0 Å². The fourth-order valence-corrected chi connectivity index (χ4v) is 7.28. The molecule has 0 saturated heterocycles. The number of anilines is 1. The van der Waals surface area contributed by atoms with E-state index in [-0.39, 0.29) is 6.04 Å². The lowest BCUT2D eigenvalue weighted by atomic mass is 9.91. The van der Waals surface area contributed by atoms with Gasteiger partial charge in [0.1, 0.15) is 0 Å². The number of fused-ring (bicyclic) bond motifs is 3. The van der Waals surface area contributed by atoms with E-state index in [1.54, 1.807) is 0 Å². The van der Waals surface area contributed by atoms with Gasteiger partial charge in [0, 0.05) is 31.9 Å². The fraction of sp³-hybridized carbons (Fsp3) is 0.143. The molecule has 0 unspecified atom stereocenters. The van der Waals surface area contributed by atoms with Gasteiger partial charge in [0.05, 0.1) is 12.1 Å². The number of thiophene rings is 1. The zero-order valence-electron chi connectivity index (χ0n) is 17.3. The van der Waals surface area contributed by atoms with Gasteiger partial charge in [-0.15, -0.1) is 11.3 Å². The first kappa shape index (κ1) is 19.0. The zero-order chi connectivity index (χ0) is 20.8. The Hall–Kier alpha value is -2.75. The van der Waals surface area contributed by atoms with Gasteiger partial charge in [-0.05, 0) is 40.8 Å². The standard InChI is InChI=1S/C28H23NS2/c1-19-22-15-8-9-16-23(22)29-26(19)25(24-17-10-18-30-24)28(31-21-13-6-3-7-14-21)27(29)20-11-4-2-5-12-20/h2-19,26-27H,1H3/t19-,26-,27-/m1/s1. The smallest absolute Gasteiger partial charge is 0.0868 e. The van der Waals surface area contributed by atoms with E-state index >= 15 is 0 Å². The minimum Gasteiger partial charge on any atom is -0.352 e. The maximum Gasteiger partial charge on any atom is 0.0868 e. The maximum atomic E-state index is 2.69. The summed E-state index contributed by atoms with van der Waals surface area (Å²) >= 11 is 3.80. The molecule has 0 spiro atoms. The second kappa shape index (κ2) is 7.74. The van der Waals surface area contributed by atoms with E-state index in [2.05, 4.69) is 114 Å². The molecule has 6 rings (SSSR count). The zero-order valence-corrected chi connectivity index (χ0v) is 18.9. The topological polar surface area (TPSA) is 3.24 Å². The van der Waals surface area contributed by atoms with Crippen molar-refractivity contribution in [3.63, 3.8) is 0 Å². The van der Waals surface area contributed by atoms with Crippen LogP contribution in [0.25, 0.3) is 5.57 Å². The first-order valence-electron chi connectivity index (χ1n) is 10.8. The third kappa shape index (κ3) is 3.07. The molecule has 3 atom stereocenters. The van der Waals surface area contributed by atoms with Crippen LogP contribution in [0.1, 0.15) is 34.9 Å². The summed E-state index contributed by atoms with van der Waals surface area (Å²) in [6, 6.07) is 35.9. The van der Waals surface area contributed by atoms with Crippen molar-refractivity contribution in [1.29, 1.82) is 0 Å². The Morgan fingerprint density at radius 1 is 0.774 bits per heavy atom. The lowest BCUT2D eigenvalue weighted by Gasteiger charge is -2.31. The van der Waals surface area contributed by atoms with Gasteiger partial charge in [0.2, 0.25) is 0 Å². The lowest BCUT2D eigenvalue weighted by Crippen LogP contribution is -2.31. The molecule has 0 N–H and O–H groups in total. The number of hydrogen-bond donors (Lipinski definition) is 0. The number of rotatable bonds is 4. The molecule has 0 saturated carbocycles. The van der Waals surface area contributed by atoms with Crippen LogP contribution in [-0.4, -0.2) is 6.04 Å². The van der Waals surface area contributed by atoms with Crippen molar-refractivity contribution in [2.24, 2.45) is 0 Å². The Morgan fingerprint density at radius 2 is 1.48 bits per heavy atom. The highest BCUT2D eigenvalue weighted by atomic mass is 32.2. The summed E-state index contributed by atoms with van der Waals surface area (Å²) in [4.78, 5) is 6.85.